The van der Waals surface area contributed by atoms with E-state index in [2.05, 4.69) is 30.0 Å². The number of methoxy groups -OCH3 is 2. The summed E-state index contributed by atoms with van der Waals surface area (Å²) in [6.07, 6.45) is 0.693. The van der Waals surface area contributed by atoms with E-state index in [0.29, 0.717) is 23.5 Å². The quantitative estimate of drug-likeness (QED) is 0.566. The van der Waals surface area contributed by atoms with Gasteiger partial charge in [0.1, 0.15) is 0 Å². The fraction of sp³-hybridized carbons (Fsp3) is 0.259. The Hall–Kier alpha value is -3.78. The molecule has 0 spiro atoms. The second-order valence-corrected chi connectivity index (χ2v) is 7.73. The normalized spacial score (nSPS) is 15.2. The van der Waals surface area contributed by atoms with Crippen molar-refractivity contribution in [2.75, 3.05) is 32.2 Å². The molecule has 5 heteroatoms. The van der Waals surface area contributed by atoms with E-state index in [1.165, 1.54) is 0 Å². The molecule has 1 heterocycles. The molecular formula is C27H27N3O2. The van der Waals surface area contributed by atoms with Gasteiger partial charge in [0.05, 0.1) is 43.3 Å². The molecule has 0 saturated carbocycles. The van der Waals surface area contributed by atoms with E-state index in [9.17, 15) is 5.26 Å². The van der Waals surface area contributed by atoms with E-state index in [1.807, 2.05) is 54.6 Å². The molecule has 32 heavy (non-hydrogen) atoms. The van der Waals surface area contributed by atoms with Gasteiger partial charge in [0, 0.05) is 30.3 Å². The van der Waals surface area contributed by atoms with Gasteiger partial charge in [-0.05, 0) is 31.0 Å². The first-order chi connectivity index (χ1) is 15.7. The minimum Gasteiger partial charge on any atom is -0.493 e. The average molecular weight is 426 g/mol. The molecule has 1 unspecified atom stereocenters. The van der Waals surface area contributed by atoms with Gasteiger partial charge < -0.3 is 14.4 Å². The molecule has 0 aromatic heterocycles. The largest absolute Gasteiger partial charge is 0.493 e. The van der Waals surface area contributed by atoms with Crippen LogP contribution in [0.5, 0.6) is 11.5 Å². The molecule has 3 aromatic carbocycles. The monoisotopic (exact) mass is 425 g/mol. The van der Waals surface area contributed by atoms with Crippen LogP contribution >= 0.6 is 0 Å². The molecule has 1 aliphatic heterocycles. The van der Waals surface area contributed by atoms with Gasteiger partial charge in [-0.1, -0.05) is 48.5 Å². The number of hydrogen-bond acceptors (Lipinski definition) is 5. The Balaban J connectivity index is 1.88. The number of hydrogen-bond donors (Lipinski definition) is 0. The topological polar surface area (TPSA) is 57.9 Å². The molecule has 0 N–H and O–H groups in total. The van der Waals surface area contributed by atoms with Crippen molar-refractivity contribution in [1.29, 1.82) is 5.26 Å². The van der Waals surface area contributed by atoms with E-state index in [0.717, 1.165) is 41.2 Å². The van der Waals surface area contributed by atoms with E-state index < -0.39 is 0 Å². The third kappa shape index (κ3) is 4.17. The maximum absolute atomic E-state index is 9.56. The first-order valence-corrected chi connectivity index (χ1v) is 10.8. The van der Waals surface area contributed by atoms with Crippen LogP contribution in [0.25, 0.3) is 0 Å². The van der Waals surface area contributed by atoms with Crippen molar-refractivity contribution < 1.29 is 9.47 Å². The zero-order valence-electron chi connectivity index (χ0n) is 18.7. The summed E-state index contributed by atoms with van der Waals surface area (Å²) in [5, 5.41) is 9.56. The Bertz CT molecular complexity index is 1170. The zero-order chi connectivity index (χ0) is 22.5. The highest BCUT2D eigenvalue weighted by Crippen LogP contribution is 2.38. The van der Waals surface area contributed by atoms with Crippen molar-refractivity contribution in [3.8, 4) is 17.6 Å². The van der Waals surface area contributed by atoms with E-state index in [4.69, 9.17) is 14.5 Å². The van der Waals surface area contributed by atoms with Crippen molar-refractivity contribution in [1.82, 2.24) is 0 Å². The highest BCUT2D eigenvalue weighted by Gasteiger charge is 2.27. The van der Waals surface area contributed by atoms with Crippen LogP contribution in [0.2, 0.25) is 0 Å². The molecule has 1 atom stereocenters. The SMILES string of the molecule is CCN1CC(Cc2ccccc2C#N)N=C(c2ccccc2)c2cc(OC)c(OC)cc21. The van der Waals surface area contributed by atoms with Gasteiger partial charge >= 0.3 is 0 Å². The van der Waals surface area contributed by atoms with Crippen LogP contribution in [0.3, 0.4) is 0 Å². The van der Waals surface area contributed by atoms with Gasteiger partial charge in [-0.2, -0.15) is 5.26 Å². The van der Waals surface area contributed by atoms with Crippen LogP contribution in [0.4, 0.5) is 5.69 Å². The van der Waals surface area contributed by atoms with Crippen LogP contribution in [-0.4, -0.2) is 39.1 Å². The second kappa shape index (κ2) is 9.57. The van der Waals surface area contributed by atoms with Gasteiger partial charge in [0.25, 0.3) is 0 Å². The Labute approximate surface area is 189 Å². The van der Waals surface area contributed by atoms with Crippen LogP contribution in [0, 0.1) is 11.3 Å². The maximum Gasteiger partial charge on any atom is 0.162 e. The van der Waals surface area contributed by atoms with Gasteiger partial charge in [0.2, 0.25) is 0 Å². The van der Waals surface area contributed by atoms with Gasteiger partial charge in [-0.3, -0.25) is 4.99 Å². The number of anilines is 1. The summed E-state index contributed by atoms with van der Waals surface area (Å²) in [4.78, 5) is 7.59. The average Bonchev–Trinajstić information content (AvgIpc) is 3.00. The molecule has 3 aromatic rings. The molecule has 0 radical (unpaired) electrons. The van der Waals surface area contributed by atoms with Crippen LogP contribution in [-0.2, 0) is 6.42 Å². The number of rotatable bonds is 6. The molecule has 0 bridgehead atoms. The maximum atomic E-state index is 9.56. The summed E-state index contributed by atoms with van der Waals surface area (Å²) >= 11 is 0. The molecule has 0 aliphatic carbocycles. The Morgan fingerprint density at radius 2 is 1.69 bits per heavy atom. The summed E-state index contributed by atoms with van der Waals surface area (Å²) in [5.74, 6) is 1.38. The number of benzodiazepines with no additional fused rings is 1. The lowest BCUT2D eigenvalue weighted by Crippen LogP contribution is -2.32. The Morgan fingerprint density at radius 1 is 1.00 bits per heavy atom. The van der Waals surface area contributed by atoms with E-state index in [-0.39, 0.29) is 6.04 Å². The Morgan fingerprint density at radius 3 is 2.38 bits per heavy atom. The molecule has 162 valence electrons. The van der Waals surface area contributed by atoms with Crippen LogP contribution < -0.4 is 14.4 Å². The fourth-order valence-corrected chi connectivity index (χ4v) is 4.26. The minimum atomic E-state index is -0.0101. The molecule has 4 rings (SSSR count). The summed E-state index contributed by atoms with van der Waals surface area (Å²) in [6, 6.07) is 24.4. The Kier molecular flexibility index (Phi) is 6.42. The molecule has 0 fully saturated rings. The number of nitriles is 1. The molecule has 0 saturated heterocycles. The number of benzene rings is 3. The number of ether oxygens (including phenoxy) is 2. The summed E-state index contributed by atoms with van der Waals surface area (Å²) in [7, 11) is 3.31. The lowest BCUT2D eigenvalue weighted by Gasteiger charge is -2.26. The third-order valence-electron chi connectivity index (χ3n) is 5.86. The van der Waals surface area contributed by atoms with Crippen molar-refractivity contribution in [2.45, 2.75) is 19.4 Å². The van der Waals surface area contributed by atoms with Gasteiger partial charge in [-0.15, -0.1) is 0 Å². The molecular weight excluding hydrogens is 398 g/mol. The highest BCUT2D eigenvalue weighted by molar-refractivity contribution is 6.16. The lowest BCUT2D eigenvalue weighted by molar-refractivity contribution is 0.355. The third-order valence-corrected chi connectivity index (χ3v) is 5.86. The summed E-state index contributed by atoms with van der Waals surface area (Å²) in [6.45, 7) is 3.72. The number of aliphatic imine (C=N–C) groups is 1. The van der Waals surface area contributed by atoms with Crippen LogP contribution in [0.15, 0.2) is 71.7 Å². The predicted molar refractivity (Wildman–Crippen MR) is 128 cm³/mol. The first kappa shape index (κ1) is 21.5. The van der Waals surface area contributed by atoms with Crippen molar-refractivity contribution in [3.05, 3.63) is 89.0 Å². The lowest BCUT2D eigenvalue weighted by atomic mass is 9.99. The molecule has 0 amide bonds. The van der Waals surface area contributed by atoms with E-state index in [1.54, 1.807) is 14.2 Å². The van der Waals surface area contributed by atoms with Gasteiger partial charge in [0.15, 0.2) is 11.5 Å². The summed E-state index contributed by atoms with van der Waals surface area (Å²) in [5.41, 5.74) is 5.80. The molecule has 5 nitrogen and oxygen atoms in total. The molecule has 1 aliphatic rings. The summed E-state index contributed by atoms with van der Waals surface area (Å²) < 4.78 is 11.2. The number of fused-ring (bicyclic) bond motifs is 1. The zero-order valence-corrected chi connectivity index (χ0v) is 18.7. The predicted octanol–water partition coefficient (Wildman–Crippen LogP) is 4.86. The number of likely N-dealkylation sites (N-methyl/N-ethyl adjacent to an activating group) is 1. The minimum absolute atomic E-state index is 0.0101. The second-order valence-electron chi connectivity index (χ2n) is 7.73. The first-order valence-electron chi connectivity index (χ1n) is 10.8. The van der Waals surface area contributed by atoms with Crippen LogP contribution in [0.1, 0.15) is 29.2 Å². The number of nitrogens with zero attached hydrogens (tertiary/aromatic N) is 3. The standard InChI is InChI=1S/C27H27N3O2/c1-4-30-18-22(14-20-12-8-9-13-21(20)17-28)29-27(19-10-6-5-7-11-19)23-15-25(31-2)26(32-3)16-24(23)30/h5-13,15-16,22H,4,14,18H2,1-3H3. The fourth-order valence-electron chi connectivity index (χ4n) is 4.26. The van der Waals surface area contributed by atoms with E-state index >= 15 is 0 Å². The van der Waals surface area contributed by atoms with Crippen molar-refractivity contribution in [2.24, 2.45) is 4.99 Å². The smallest absolute Gasteiger partial charge is 0.162 e. The van der Waals surface area contributed by atoms with Gasteiger partial charge in [-0.25, -0.2) is 0 Å². The highest BCUT2D eigenvalue weighted by atomic mass is 16.5. The van der Waals surface area contributed by atoms with Crippen molar-refractivity contribution >= 4 is 11.4 Å². The van der Waals surface area contributed by atoms with Crippen molar-refractivity contribution in [3.63, 3.8) is 0 Å².